The summed E-state index contributed by atoms with van der Waals surface area (Å²) in [6.07, 6.45) is 7.88. The predicted molar refractivity (Wildman–Crippen MR) is 100 cm³/mol. The molecule has 0 aromatic carbocycles. The molecule has 0 amide bonds. The highest BCUT2D eigenvalue weighted by molar-refractivity contribution is 5.85. The largest absolute Gasteiger partial charge is 0.350 e. The molecule has 144 valence electrons. The summed E-state index contributed by atoms with van der Waals surface area (Å²) in [5.41, 5.74) is 6.25. The molecule has 2 aromatic rings. The Balaban J connectivity index is 0.00000261. The number of nitrogens with two attached hydrogens (primary N) is 1. The van der Waals surface area contributed by atoms with Gasteiger partial charge < -0.3 is 11.1 Å². The van der Waals surface area contributed by atoms with Gasteiger partial charge in [0.25, 0.3) is 5.92 Å². The summed E-state index contributed by atoms with van der Waals surface area (Å²) in [6, 6.07) is 3.50. The number of rotatable bonds is 5. The van der Waals surface area contributed by atoms with E-state index >= 15 is 4.39 Å². The maximum Gasteiger partial charge on any atom is 0.350 e. The van der Waals surface area contributed by atoms with Crippen LogP contribution in [0.5, 0.6) is 0 Å². The lowest BCUT2D eigenvalue weighted by atomic mass is 10.1. The van der Waals surface area contributed by atoms with Crippen LogP contribution in [0, 0.1) is 0 Å². The van der Waals surface area contributed by atoms with Gasteiger partial charge in [0.05, 0.1) is 12.9 Å². The SMILES string of the molecule is CC1=CC=C(c2cccnc2)NC1(F)n1cnn(C/C(=C/F)CN)c1=O.Cl. The molecule has 3 N–H and O–H groups in total. The number of allylic oxidation sites excluding steroid dienone is 2. The quantitative estimate of drug-likeness (QED) is 0.753. The molecule has 3 heterocycles. The minimum Gasteiger partial charge on any atom is -0.332 e. The van der Waals surface area contributed by atoms with Crippen LogP contribution in [0.3, 0.4) is 0 Å². The predicted octanol–water partition coefficient (Wildman–Crippen LogP) is 1.84. The molecule has 0 radical (unpaired) electrons. The van der Waals surface area contributed by atoms with Crippen LogP contribution in [0.1, 0.15) is 12.5 Å². The van der Waals surface area contributed by atoms with E-state index in [1.54, 1.807) is 43.6 Å². The smallest absolute Gasteiger partial charge is 0.332 e. The van der Waals surface area contributed by atoms with Crippen LogP contribution in [0.15, 0.2) is 65.3 Å². The van der Waals surface area contributed by atoms with Crippen LogP contribution >= 0.6 is 12.4 Å². The second kappa shape index (κ2) is 8.28. The van der Waals surface area contributed by atoms with Gasteiger partial charge in [-0.25, -0.2) is 18.4 Å². The van der Waals surface area contributed by atoms with Gasteiger partial charge in [-0.2, -0.15) is 9.49 Å². The van der Waals surface area contributed by atoms with Crippen molar-refractivity contribution in [2.45, 2.75) is 19.4 Å². The molecule has 1 aliphatic rings. The molecular formula is C17H19ClF2N6O. The number of hydrogen-bond acceptors (Lipinski definition) is 5. The van der Waals surface area contributed by atoms with Gasteiger partial charge in [0.15, 0.2) is 0 Å². The van der Waals surface area contributed by atoms with Crippen molar-refractivity contribution in [3.63, 3.8) is 0 Å². The van der Waals surface area contributed by atoms with Gasteiger partial charge in [0.1, 0.15) is 6.33 Å². The van der Waals surface area contributed by atoms with Crippen molar-refractivity contribution in [1.29, 1.82) is 0 Å². The molecule has 0 aliphatic carbocycles. The summed E-state index contributed by atoms with van der Waals surface area (Å²) in [6.45, 7) is 1.34. The van der Waals surface area contributed by atoms with E-state index in [2.05, 4.69) is 15.4 Å². The van der Waals surface area contributed by atoms with Crippen LogP contribution in [0.2, 0.25) is 0 Å². The van der Waals surface area contributed by atoms with Gasteiger partial charge in [-0.3, -0.25) is 4.98 Å². The third-order valence-corrected chi connectivity index (χ3v) is 4.13. The Morgan fingerprint density at radius 3 is 2.85 bits per heavy atom. The molecule has 0 fully saturated rings. The van der Waals surface area contributed by atoms with Crippen LogP contribution in [-0.4, -0.2) is 25.9 Å². The van der Waals surface area contributed by atoms with Gasteiger partial charge in [-0.15, -0.1) is 12.4 Å². The van der Waals surface area contributed by atoms with Crippen molar-refractivity contribution in [3.8, 4) is 0 Å². The minimum atomic E-state index is -2.31. The summed E-state index contributed by atoms with van der Waals surface area (Å²) >= 11 is 0. The standard InChI is InChI=1S/C17H18F2N6O.ClH/c1-12-4-5-15(14-3-2-6-21-9-14)23-17(12,19)24-11-22-25(16(24)26)10-13(7-18)8-20;/h2-7,9,11,23H,8,10,20H2,1H3;1H/b13-7+;. The van der Waals surface area contributed by atoms with Crippen LogP contribution in [0.4, 0.5) is 8.78 Å². The Kier molecular flexibility index (Phi) is 6.29. The molecule has 0 saturated heterocycles. The Hall–Kier alpha value is -2.78. The number of pyridine rings is 1. The van der Waals surface area contributed by atoms with Crippen molar-refractivity contribution in [2.24, 2.45) is 5.73 Å². The van der Waals surface area contributed by atoms with Crippen molar-refractivity contribution in [2.75, 3.05) is 6.54 Å². The van der Waals surface area contributed by atoms with Gasteiger partial charge in [0.2, 0.25) is 0 Å². The molecule has 3 rings (SSSR count). The van der Waals surface area contributed by atoms with Crippen LogP contribution in [-0.2, 0) is 12.5 Å². The first-order valence-electron chi connectivity index (χ1n) is 7.89. The molecule has 7 nitrogen and oxygen atoms in total. The Labute approximate surface area is 160 Å². The van der Waals surface area contributed by atoms with Crippen molar-refractivity contribution >= 4 is 18.1 Å². The average molecular weight is 397 g/mol. The molecule has 10 heteroatoms. The number of hydrogen-bond donors (Lipinski definition) is 2. The fraction of sp³-hybridized carbons (Fsp3) is 0.235. The number of aromatic nitrogens is 4. The van der Waals surface area contributed by atoms with Gasteiger partial charge in [-0.1, -0.05) is 6.08 Å². The highest BCUT2D eigenvalue weighted by Crippen LogP contribution is 2.30. The molecule has 0 saturated carbocycles. The number of dihydropyridines is 1. The number of alkyl halides is 1. The molecule has 1 aliphatic heterocycles. The van der Waals surface area contributed by atoms with E-state index in [0.29, 0.717) is 17.6 Å². The minimum absolute atomic E-state index is 0. The van der Waals surface area contributed by atoms with E-state index in [1.807, 2.05) is 0 Å². The lowest BCUT2D eigenvalue weighted by molar-refractivity contribution is 0.0860. The van der Waals surface area contributed by atoms with Gasteiger partial charge in [-0.05, 0) is 30.7 Å². The molecule has 1 unspecified atom stereocenters. The van der Waals surface area contributed by atoms with E-state index in [4.69, 9.17) is 5.73 Å². The van der Waals surface area contributed by atoms with Crippen molar-refractivity contribution in [1.82, 2.24) is 24.6 Å². The van der Waals surface area contributed by atoms with E-state index in [1.165, 1.54) is 0 Å². The molecule has 27 heavy (non-hydrogen) atoms. The van der Waals surface area contributed by atoms with Crippen LogP contribution in [0.25, 0.3) is 5.70 Å². The average Bonchev–Trinajstić information content (AvgIpc) is 3.03. The zero-order valence-corrected chi connectivity index (χ0v) is 15.3. The first-order valence-corrected chi connectivity index (χ1v) is 7.89. The molecule has 2 aromatic heterocycles. The topological polar surface area (TPSA) is 90.8 Å². The second-order valence-corrected chi connectivity index (χ2v) is 5.83. The zero-order valence-electron chi connectivity index (χ0n) is 14.5. The fourth-order valence-corrected chi connectivity index (χ4v) is 2.57. The molecule has 1 atom stereocenters. The van der Waals surface area contributed by atoms with Gasteiger partial charge >= 0.3 is 5.69 Å². The van der Waals surface area contributed by atoms with E-state index in [0.717, 1.165) is 15.6 Å². The highest BCUT2D eigenvalue weighted by Gasteiger charge is 2.39. The zero-order chi connectivity index (χ0) is 18.7. The Bertz CT molecular complexity index is 950. The second-order valence-electron chi connectivity index (χ2n) is 5.83. The molecular weight excluding hydrogens is 378 g/mol. The lowest BCUT2D eigenvalue weighted by Gasteiger charge is -2.32. The maximum absolute atomic E-state index is 15.8. The molecule has 0 spiro atoms. The van der Waals surface area contributed by atoms with Gasteiger partial charge in [0, 0.05) is 35.8 Å². The first kappa shape index (κ1) is 20.5. The highest BCUT2D eigenvalue weighted by atomic mass is 35.5. The Morgan fingerprint density at radius 2 is 2.22 bits per heavy atom. The van der Waals surface area contributed by atoms with E-state index in [-0.39, 0.29) is 36.6 Å². The number of nitrogens with zero attached hydrogens (tertiary/aromatic N) is 4. The summed E-state index contributed by atoms with van der Waals surface area (Å²) in [5.74, 6) is -2.31. The summed E-state index contributed by atoms with van der Waals surface area (Å²) in [5, 5.41) is 6.60. The maximum atomic E-state index is 15.8. The molecule has 0 bridgehead atoms. The third kappa shape index (κ3) is 3.83. The van der Waals surface area contributed by atoms with E-state index < -0.39 is 11.6 Å². The fourth-order valence-electron chi connectivity index (χ4n) is 2.57. The normalized spacial score (nSPS) is 19.6. The van der Waals surface area contributed by atoms with E-state index in [9.17, 15) is 9.18 Å². The van der Waals surface area contributed by atoms with Crippen LogP contribution < -0.4 is 16.7 Å². The third-order valence-electron chi connectivity index (χ3n) is 4.13. The number of halogens is 3. The first-order chi connectivity index (χ1) is 12.5. The Morgan fingerprint density at radius 1 is 1.44 bits per heavy atom. The lowest BCUT2D eigenvalue weighted by Crippen LogP contribution is -2.49. The number of nitrogens with one attached hydrogen (secondary N) is 1. The summed E-state index contributed by atoms with van der Waals surface area (Å²) in [7, 11) is 0. The van der Waals surface area contributed by atoms with Crippen molar-refractivity contribution < 1.29 is 8.78 Å². The monoisotopic (exact) mass is 396 g/mol. The van der Waals surface area contributed by atoms with Crippen molar-refractivity contribution in [3.05, 3.63) is 76.5 Å². The summed E-state index contributed by atoms with van der Waals surface area (Å²) < 4.78 is 30.3. The summed E-state index contributed by atoms with van der Waals surface area (Å²) in [4.78, 5) is 16.6.